The molecule has 2 aromatic carbocycles. The SMILES string of the molecule is C=C/N=c1/cc(Oc2ccc(N(C)c3ncnc4cc5c(cc34)N3CCN(C(=O)C#CC)C(CO5)C3)cc2C)ccn1C. The predicted molar refractivity (Wildman–Crippen MR) is 167 cm³/mol. The number of aromatic nitrogens is 3. The number of ether oxygens (including phenoxy) is 2. The highest BCUT2D eigenvalue weighted by molar-refractivity contribution is 5.96. The summed E-state index contributed by atoms with van der Waals surface area (Å²) in [4.78, 5) is 32.2. The third-order valence-electron chi connectivity index (χ3n) is 7.85. The van der Waals surface area contributed by atoms with E-state index >= 15 is 0 Å². The topological polar surface area (TPSA) is 88.3 Å². The maximum atomic E-state index is 12.6. The number of nitrogens with zero attached hydrogens (tertiary/aromatic N) is 7. The van der Waals surface area contributed by atoms with E-state index in [4.69, 9.17) is 9.47 Å². The van der Waals surface area contributed by atoms with Gasteiger partial charge in [0.2, 0.25) is 0 Å². The first-order valence-corrected chi connectivity index (χ1v) is 14.1. The van der Waals surface area contributed by atoms with Crippen molar-refractivity contribution < 1.29 is 14.3 Å². The summed E-state index contributed by atoms with van der Waals surface area (Å²) in [6.07, 6.45) is 4.99. The average Bonchev–Trinajstić information content (AvgIpc) is 3.14. The zero-order valence-electron chi connectivity index (χ0n) is 24.7. The van der Waals surface area contributed by atoms with Gasteiger partial charge in [-0.25, -0.2) is 15.0 Å². The Balaban J connectivity index is 1.29. The Hall–Kier alpha value is -5.30. The van der Waals surface area contributed by atoms with Crippen molar-refractivity contribution in [3.8, 4) is 29.1 Å². The summed E-state index contributed by atoms with van der Waals surface area (Å²) in [5.74, 6) is 8.22. The molecule has 43 heavy (non-hydrogen) atoms. The number of hydrogen-bond acceptors (Lipinski definition) is 8. The van der Waals surface area contributed by atoms with E-state index in [1.165, 1.54) is 6.20 Å². The molecule has 10 heteroatoms. The highest BCUT2D eigenvalue weighted by atomic mass is 16.5. The fourth-order valence-electron chi connectivity index (χ4n) is 5.57. The lowest BCUT2D eigenvalue weighted by atomic mass is 10.1. The molecule has 1 unspecified atom stereocenters. The molecule has 2 aromatic heterocycles. The van der Waals surface area contributed by atoms with E-state index in [0.29, 0.717) is 32.0 Å². The van der Waals surface area contributed by atoms with Gasteiger partial charge in [-0.05, 0) is 55.7 Å². The second kappa shape index (κ2) is 11.5. The first-order valence-electron chi connectivity index (χ1n) is 14.1. The van der Waals surface area contributed by atoms with Gasteiger partial charge < -0.3 is 28.7 Å². The second-order valence-corrected chi connectivity index (χ2v) is 10.6. The summed E-state index contributed by atoms with van der Waals surface area (Å²) < 4.78 is 14.3. The molecule has 0 saturated carbocycles. The van der Waals surface area contributed by atoms with E-state index in [0.717, 1.165) is 50.6 Å². The Morgan fingerprint density at radius 3 is 2.86 bits per heavy atom. The molecule has 4 heterocycles. The van der Waals surface area contributed by atoms with Crippen molar-refractivity contribution in [2.75, 3.05) is 43.1 Å². The number of benzene rings is 2. The molecule has 4 aromatic rings. The minimum Gasteiger partial charge on any atom is -0.489 e. The molecular weight excluding hydrogens is 542 g/mol. The van der Waals surface area contributed by atoms with Crippen LogP contribution in [-0.4, -0.2) is 64.7 Å². The molecule has 6 rings (SSSR count). The van der Waals surface area contributed by atoms with Crippen molar-refractivity contribution >= 4 is 34.0 Å². The van der Waals surface area contributed by atoms with E-state index < -0.39 is 0 Å². The molecule has 0 radical (unpaired) electrons. The number of aryl methyl sites for hydroxylation is 2. The van der Waals surface area contributed by atoms with Gasteiger partial charge in [-0.3, -0.25) is 4.79 Å². The molecule has 1 amide bonds. The minimum absolute atomic E-state index is 0.0730. The number of hydrogen-bond donors (Lipinski definition) is 0. The Kier molecular flexibility index (Phi) is 7.47. The lowest BCUT2D eigenvalue weighted by molar-refractivity contribution is -0.128. The van der Waals surface area contributed by atoms with Crippen LogP contribution in [-0.2, 0) is 11.8 Å². The van der Waals surface area contributed by atoms with Crippen LogP contribution in [0.2, 0.25) is 0 Å². The van der Waals surface area contributed by atoms with Crippen LogP contribution >= 0.6 is 0 Å². The summed E-state index contributed by atoms with van der Waals surface area (Å²) in [6, 6.07) is 13.8. The lowest BCUT2D eigenvalue weighted by Gasteiger charge is -2.39. The Labute approximate surface area is 250 Å². The van der Waals surface area contributed by atoms with Crippen LogP contribution in [0.5, 0.6) is 17.2 Å². The zero-order chi connectivity index (χ0) is 30.1. The standard InChI is InChI=1S/C33H33N7O3/c1-6-8-32(41)40-14-13-39-19-24(40)20-42-30-18-27-26(17-28(30)39)33(36-21-35-27)38(5)23-9-10-29(22(3)15-23)43-25-11-12-37(4)31(16-25)34-7-2/h7,9-12,15-18,21,24H,2,13-14,19-20H2,1,3-5H3/b34-31-. The van der Waals surface area contributed by atoms with Gasteiger partial charge in [0.25, 0.3) is 5.91 Å². The fraction of sp³-hybridized carbons (Fsp3) is 0.273. The van der Waals surface area contributed by atoms with Crippen LogP contribution in [0.4, 0.5) is 17.2 Å². The van der Waals surface area contributed by atoms with Crippen molar-refractivity contribution in [3.05, 3.63) is 78.8 Å². The zero-order valence-corrected chi connectivity index (χ0v) is 24.7. The molecule has 1 atom stereocenters. The molecule has 0 N–H and O–H groups in total. The Morgan fingerprint density at radius 2 is 2.07 bits per heavy atom. The fourth-order valence-corrected chi connectivity index (χ4v) is 5.57. The van der Waals surface area contributed by atoms with Crippen LogP contribution < -0.4 is 24.8 Å². The number of pyridine rings is 1. The third kappa shape index (κ3) is 5.37. The third-order valence-corrected chi connectivity index (χ3v) is 7.85. The van der Waals surface area contributed by atoms with Crippen molar-refractivity contribution in [3.63, 3.8) is 0 Å². The number of carbonyl (C=O) groups is 1. The van der Waals surface area contributed by atoms with Gasteiger partial charge in [0.15, 0.2) is 0 Å². The molecule has 2 aliphatic heterocycles. The van der Waals surface area contributed by atoms with Crippen LogP contribution in [0.25, 0.3) is 10.9 Å². The van der Waals surface area contributed by atoms with E-state index in [9.17, 15) is 4.79 Å². The summed E-state index contributed by atoms with van der Waals surface area (Å²) in [5, 5.41) is 0.912. The highest BCUT2D eigenvalue weighted by Crippen LogP contribution is 2.40. The molecule has 0 spiro atoms. The van der Waals surface area contributed by atoms with Gasteiger partial charge in [0.1, 0.15) is 41.5 Å². The molecule has 0 aliphatic carbocycles. The lowest BCUT2D eigenvalue weighted by Crippen LogP contribution is -2.56. The summed E-state index contributed by atoms with van der Waals surface area (Å²) in [6.45, 7) is 9.76. The molecule has 1 fully saturated rings. The molecule has 2 aliphatic rings. The quantitative estimate of drug-likeness (QED) is 0.328. The minimum atomic E-state index is -0.154. The molecule has 2 bridgehead atoms. The normalized spacial score (nSPS) is 16.0. The first-order chi connectivity index (χ1) is 20.9. The molecule has 1 saturated heterocycles. The second-order valence-electron chi connectivity index (χ2n) is 10.6. The maximum absolute atomic E-state index is 12.6. The molecule has 10 nitrogen and oxygen atoms in total. The van der Waals surface area contributed by atoms with Crippen LogP contribution in [0.15, 0.2) is 72.8 Å². The van der Waals surface area contributed by atoms with Crippen molar-refractivity contribution in [1.29, 1.82) is 0 Å². The monoisotopic (exact) mass is 575 g/mol. The number of amides is 1. The molecule has 218 valence electrons. The van der Waals surface area contributed by atoms with Gasteiger partial charge in [0, 0.05) is 69.3 Å². The Bertz CT molecular complexity index is 1870. The Morgan fingerprint density at radius 1 is 1.21 bits per heavy atom. The first kappa shape index (κ1) is 27.8. The summed E-state index contributed by atoms with van der Waals surface area (Å²) in [7, 11) is 3.92. The van der Waals surface area contributed by atoms with E-state index in [1.807, 2.05) is 67.0 Å². The van der Waals surface area contributed by atoms with Crippen LogP contribution in [0.3, 0.4) is 0 Å². The van der Waals surface area contributed by atoms with Crippen molar-refractivity contribution in [1.82, 2.24) is 19.4 Å². The van der Waals surface area contributed by atoms with E-state index in [-0.39, 0.29) is 11.9 Å². The van der Waals surface area contributed by atoms with Crippen molar-refractivity contribution in [2.45, 2.75) is 19.9 Å². The average molecular weight is 576 g/mol. The predicted octanol–water partition coefficient (Wildman–Crippen LogP) is 4.31. The van der Waals surface area contributed by atoms with Gasteiger partial charge in [0.05, 0.1) is 17.2 Å². The van der Waals surface area contributed by atoms with Gasteiger partial charge >= 0.3 is 0 Å². The van der Waals surface area contributed by atoms with E-state index in [2.05, 4.69) is 55.3 Å². The number of anilines is 3. The number of fused-ring (bicyclic) bond motifs is 5. The van der Waals surface area contributed by atoms with E-state index in [1.54, 1.807) is 13.3 Å². The maximum Gasteiger partial charge on any atom is 0.298 e. The van der Waals surface area contributed by atoms with Crippen LogP contribution in [0.1, 0.15) is 12.5 Å². The number of piperazine rings is 1. The smallest absolute Gasteiger partial charge is 0.298 e. The highest BCUT2D eigenvalue weighted by Gasteiger charge is 2.34. The van der Waals surface area contributed by atoms with Gasteiger partial charge in [-0.2, -0.15) is 0 Å². The molecular formula is C33H33N7O3. The summed E-state index contributed by atoms with van der Waals surface area (Å²) in [5.41, 5.74) is 4.45. The summed E-state index contributed by atoms with van der Waals surface area (Å²) >= 11 is 0. The number of carbonyl (C=O) groups excluding carboxylic acids is 1. The van der Waals surface area contributed by atoms with Gasteiger partial charge in [-0.15, -0.1) is 0 Å². The van der Waals surface area contributed by atoms with Gasteiger partial charge in [-0.1, -0.05) is 12.5 Å². The number of rotatable bonds is 5. The largest absolute Gasteiger partial charge is 0.489 e. The van der Waals surface area contributed by atoms with Crippen LogP contribution in [0, 0.1) is 18.8 Å². The van der Waals surface area contributed by atoms with Crippen molar-refractivity contribution in [2.24, 2.45) is 12.0 Å².